The maximum absolute atomic E-state index is 4.53. The Labute approximate surface area is 150 Å². The van der Waals surface area contributed by atoms with Crippen LogP contribution >= 0.6 is 0 Å². The van der Waals surface area contributed by atoms with E-state index in [1.807, 2.05) is 41.5 Å². The van der Waals surface area contributed by atoms with Crippen molar-refractivity contribution >= 4 is 10.9 Å². The molecule has 0 aliphatic rings. The van der Waals surface area contributed by atoms with Crippen molar-refractivity contribution in [2.75, 3.05) is 0 Å². The molecule has 124 valence electrons. The molecule has 0 radical (unpaired) electrons. The number of nitrogens with one attached hydrogen (secondary N) is 1. The molecular weight excluding hydrogens is 322 g/mol. The minimum atomic E-state index is 0.994. The first kappa shape index (κ1) is 14.6. The Morgan fingerprint density at radius 1 is 0.769 bits per heavy atom. The average molecular weight is 337 g/mol. The highest BCUT2D eigenvalue weighted by atomic mass is 15.3. The summed E-state index contributed by atoms with van der Waals surface area (Å²) in [5, 5.41) is 12.7. The lowest BCUT2D eigenvalue weighted by molar-refractivity contribution is 0.889. The van der Waals surface area contributed by atoms with Crippen LogP contribution in [0.2, 0.25) is 0 Å². The molecule has 0 unspecified atom stereocenters. The molecule has 2 aromatic carbocycles. The Morgan fingerprint density at radius 3 is 2.62 bits per heavy atom. The number of fused-ring (bicyclic) bond motifs is 1. The second kappa shape index (κ2) is 5.97. The third kappa shape index (κ3) is 2.46. The molecule has 0 aliphatic heterocycles. The summed E-state index contributed by atoms with van der Waals surface area (Å²) in [6.45, 7) is 0. The Kier molecular flexibility index (Phi) is 3.35. The number of rotatable bonds is 3. The maximum Gasteiger partial charge on any atom is 0.0741 e. The lowest BCUT2D eigenvalue weighted by Crippen LogP contribution is -1.98. The van der Waals surface area contributed by atoms with E-state index in [9.17, 15) is 0 Å². The monoisotopic (exact) mass is 337 g/mol. The minimum Gasteiger partial charge on any atom is -0.278 e. The summed E-state index contributed by atoms with van der Waals surface area (Å²) in [4.78, 5) is 4.22. The van der Waals surface area contributed by atoms with Crippen molar-refractivity contribution in [1.82, 2.24) is 25.0 Å². The number of H-pyrrole nitrogens is 1. The first-order valence-electron chi connectivity index (χ1n) is 8.37. The first-order valence-corrected chi connectivity index (χ1v) is 8.37. The molecule has 0 saturated heterocycles. The van der Waals surface area contributed by atoms with Crippen LogP contribution in [0.15, 0.2) is 85.5 Å². The number of hydrogen-bond donors (Lipinski definition) is 1. The second-order valence-corrected chi connectivity index (χ2v) is 6.09. The van der Waals surface area contributed by atoms with Crippen LogP contribution in [0.4, 0.5) is 0 Å². The van der Waals surface area contributed by atoms with Crippen LogP contribution in [0.1, 0.15) is 0 Å². The van der Waals surface area contributed by atoms with Gasteiger partial charge in [-0.05, 0) is 42.0 Å². The van der Waals surface area contributed by atoms with Crippen molar-refractivity contribution in [1.29, 1.82) is 0 Å². The third-order valence-corrected chi connectivity index (χ3v) is 4.47. The number of aromatic nitrogens is 5. The smallest absolute Gasteiger partial charge is 0.0741 e. The number of aromatic amines is 1. The summed E-state index contributed by atoms with van der Waals surface area (Å²) < 4.78 is 1.95. The highest BCUT2D eigenvalue weighted by Gasteiger charge is 2.10. The van der Waals surface area contributed by atoms with Crippen LogP contribution in [0, 0.1) is 0 Å². The van der Waals surface area contributed by atoms with Gasteiger partial charge in [0, 0.05) is 28.9 Å². The molecule has 5 aromatic rings. The summed E-state index contributed by atoms with van der Waals surface area (Å²) in [7, 11) is 0. The predicted octanol–water partition coefficient (Wildman–Crippen LogP) is 4.48. The minimum absolute atomic E-state index is 0.994. The normalized spacial score (nSPS) is 11.1. The molecule has 5 nitrogen and oxygen atoms in total. The van der Waals surface area contributed by atoms with Gasteiger partial charge in [-0.1, -0.05) is 24.3 Å². The van der Waals surface area contributed by atoms with Gasteiger partial charge in [-0.15, -0.1) is 0 Å². The molecule has 0 spiro atoms. The Hall–Kier alpha value is -3.73. The molecular formula is C21H15N5. The van der Waals surface area contributed by atoms with Gasteiger partial charge in [0.25, 0.3) is 0 Å². The van der Waals surface area contributed by atoms with Gasteiger partial charge < -0.3 is 0 Å². The van der Waals surface area contributed by atoms with Gasteiger partial charge >= 0.3 is 0 Å². The van der Waals surface area contributed by atoms with Crippen LogP contribution in [-0.4, -0.2) is 25.0 Å². The summed E-state index contributed by atoms with van der Waals surface area (Å²) in [5.74, 6) is 0. The molecule has 3 heterocycles. The molecule has 0 aliphatic carbocycles. The quantitative estimate of drug-likeness (QED) is 0.528. The van der Waals surface area contributed by atoms with E-state index in [2.05, 4.69) is 62.7 Å². The lowest BCUT2D eigenvalue weighted by Gasteiger charge is -2.09. The van der Waals surface area contributed by atoms with Crippen LogP contribution in [0.3, 0.4) is 0 Å². The summed E-state index contributed by atoms with van der Waals surface area (Å²) in [6.07, 6.45) is 7.31. The van der Waals surface area contributed by atoms with Crippen LogP contribution in [-0.2, 0) is 0 Å². The van der Waals surface area contributed by atoms with E-state index in [1.165, 1.54) is 0 Å². The number of pyridine rings is 1. The Bertz CT molecular complexity index is 1190. The van der Waals surface area contributed by atoms with Gasteiger partial charge in [-0.3, -0.25) is 10.1 Å². The van der Waals surface area contributed by atoms with Crippen LogP contribution in [0.5, 0.6) is 0 Å². The molecule has 0 atom stereocenters. The molecule has 3 aromatic heterocycles. The summed E-state index contributed by atoms with van der Waals surface area (Å²) in [5.41, 5.74) is 6.36. The van der Waals surface area contributed by atoms with Crippen molar-refractivity contribution in [3.63, 3.8) is 0 Å². The first-order chi connectivity index (χ1) is 12.9. The number of nitrogens with zero attached hydrogens (tertiary/aromatic N) is 4. The van der Waals surface area contributed by atoms with Crippen molar-refractivity contribution < 1.29 is 0 Å². The molecule has 5 rings (SSSR count). The zero-order valence-electron chi connectivity index (χ0n) is 13.9. The molecule has 0 saturated carbocycles. The fraction of sp³-hybridized carbons (Fsp3) is 0. The van der Waals surface area contributed by atoms with Gasteiger partial charge in [0.2, 0.25) is 0 Å². The molecule has 1 N–H and O–H groups in total. The van der Waals surface area contributed by atoms with Crippen LogP contribution < -0.4 is 0 Å². The molecule has 0 bridgehead atoms. The highest BCUT2D eigenvalue weighted by molar-refractivity contribution is 5.80. The van der Waals surface area contributed by atoms with Crippen molar-refractivity contribution in [2.24, 2.45) is 0 Å². The molecule has 0 amide bonds. The van der Waals surface area contributed by atoms with Gasteiger partial charge in [0.05, 0.1) is 29.3 Å². The molecule has 0 fully saturated rings. The summed E-state index contributed by atoms with van der Waals surface area (Å²) in [6, 6.07) is 20.6. The van der Waals surface area contributed by atoms with E-state index in [-0.39, 0.29) is 0 Å². The van der Waals surface area contributed by atoms with E-state index in [0.717, 1.165) is 39.0 Å². The molecule has 5 heteroatoms. The zero-order chi connectivity index (χ0) is 17.3. The van der Waals surface area contributed by atoms with Gasteiger partial charge in [-0.25, -0.2) is 4.68 Å². The Morgan fingerprint density at radius 2 is 1.69 bits per heavy atom. The maximum atomic E-state index is 4.53. The fourth-order valence-corrected chi connectivity index (χ4v) is 3.18. The highest BCUT2D eigenvalue weighted by Crippen LogP contribution is 2.28. The van der Waals surface area contributed by atoms with E-state index < -0.39 is 0 Å². The van der Waals surface area contributed by atoms with Crippen molar-refractivity contribution in [3.8, 4) is 28.1 Å². The third-order valence-electron chi connectivity index (χ3n) is 4.47. The van der Waals surface area contributed by atoms with E-state index in [0.29, 0.717) is 0 Å². The summed E-state index contributed by atoms with van der Waals surface area (Å²) >= 11 is 0. The zero-order valence-corrected chi connectivity index (χ0v) is 13.9. The van der Waals surface area contributed by atoms with Gasteiger partial charge in [0.1, 0.15) is 0 Å². The largest absolute Gasteiger partial charge is 0.278 e. The van der Waals surface area contributed by atoms with E-state index in [4.69, 9.17) is 0 Å². The predicted molar refractivity (Wildman–Crippen MR) is 102 cm³/mol. The standard InChI is InChI=1S/C21H15N5/c1-3-15(17-5-2-9-22-13-17)11-16(4-1)21-8-10-24-26(21)19-7-6-18-14-23-25-20(18)12-19/h1-14H,(H,23,25). The van der Waals surface area contributed by atoms with E-state index >= 15 is 0 Å². The van der Waals surface area contributed by atoms with Crippen molar-refractivity contribution in [3.05, 3.63) is 85.5 Å². The lowest BCUT2D eigenvalue weighted by atomic mass is 10.0. The Balaban J connectivity index is 1.61. The van der Waals surface area contributed by atoms with Crippen LogP contribution in [0.25, 0.3) is 39.0 Å². The van der Waals surface area contributed by atoms with Gasteiger partial charge in [-0.2, -0.15) is 10.2 Å². The number of benzene rings is 2. The fourth-order valence-electron chi connectivity index (χ4n) is 3.18. The topological polar surface area (TPSA) is 59.4 Å². The second-order valence-electron chi connectivity index (χ2n) is 6.09. The van der Waals surface area contributed by atoms with E-state index in [1.54, 1.807) is 6.20 Å². The average Bonchev–Trinajstić information content (AvgIpc) is 3.37. The molecule has 26 heavy (non-hydrogen) atoms. The van der Waals surface area contributed by atoms with Crippen molar-refractivity contribution in [2.45, 2.75) is 0 Å². The van der Waals surface area contributed by atoms with Gasteiger partial charge in [0.15, 0.2) is 0 Å². The SMILES string of the molecule is c1cncc(-c2cccc(-c3ccnn3-c3ccc4cn[nH]c4c3)c2)c1. The number of hydrogen-bond acceptors (Lipinski definition) is 3.